The van der Waals surface area contributed by atoms with Crippen molar-refractivity contribution in [1.82, 2.24) is 15.0 Å². The van der Waals surface area contributed by atoms with Gasteiger partial charge in [-0.25, -0.2) is 19.2 Å². The van der Waals surface area contributed by atoms with Gasteiger partial charge in [-0.05, 0) is 38.5 Å². The van der Waals surface area contributed by atoms with Crippen LogP contribution in [0.15, 0.2) is 48.7 Å². The van der Waals surface area contributed by atoms with Gasteiger partial charge < -0.3 is 19.1 Å². The largest absolute Gasteiger partial charge is 0.475 e. The molecule has 1 N–H and O–H groups in total. The zero-order valence-electron chi connectivity index (χ0n) is 20.6. The number of aromatic nitrogens is 3. The van der Waals surface area contributed by atoms with Gasteiger partial charge >= 0.3 is 6.03 Å². The van der Waals surface area contributed by atoms with Crippen molar-refractivity contribution in [2.75, 3.05) is 41.4 Å². The summed E-state index contributed by atoms with van der Waals surface area (Å²) in [6.45, 7) is 5.93. The number of anilines is 3. The van der Waals surface area contributed by atoms with Gasteiger partial charge in [-0.3, -0.25) is 10.2 Å². The number of ether oxygens (including phenoxy) is 3. The molecule has 0 aliphatic carbocycles. The van der Waals surface area contributed by atoms with E-state index in [1.54, 1.807) is 41.4 Å². The SMILES string of the molecule is CC1(C)OCC(COc2cccc(NC(=O)N3c4nc(-c5cccc(F)c5)ncc4N4CCC3C4)n2)O1. The Morgan fingerprint density at radius 3 is 2.92 bits per heavy atom. The quantitative estimate of drug-likeness (QED) is 0.557. The zero-order valence-corrected chi connectivity index (χ0v) is 20.6. The molecule has 0 radical (unpaired) electrons. The number of amides is 2. The lowest BCUT2D eigenvalue weighted by Gasteiger charge is -2.35. The maximum atomic E-state index is 13.8. The van der Waals surface area contributed by atoms with Crippen LogP contribution in [0.5, 0.6) is 5.88 Å². The van der Waals surface area contributed by atoms with Crippen LogP contribution in [0, 0.1) is 5.82 Å². The summed E-state index contributed by atoms with van der Waals surface area (Å²) in [4.78, 5) is 30.9. The van der Waals surface area contributed by atoms with Crippen LogP contribution in [-0.2, 0) is 9.47 Å². The molecule has 5 heterocycles. The van der Waals surface area contributed by atoms with Gasteiger partial charge in [0.15, 0.2) is 17.4 Å². The van der Waals surface area contributed by atoms with Crippen LogP contribution in [0.25, 0.3) is 11.4 Å². The van der Waals surface area contributed by atoms with Crippen LogP contribution in [0.2, 0.25) is 0 Å². The fourth-order valence-electron chi connectivity index (χ4n) is 4.90. The first-order chi connectivity index (χ1) is 17.8. The number of hydrogen-bond donors (Lipinski definition) is 1. The van der Waals surface area contributed by atoms with Crippen molar-refractivity contribution in [3.63, 3.8) is 0 Å². The normalized spacial score (nSPS) is 21.6. The first-order valence-electron chi connectivity index (χ1n) is 12.2. The highest BCUT2D eigenvalue weighted by molar-refractivity contribution is 6.04. The molecule has 1 aromatic carbocycles. The van der Waals surface area contributed by atoms with Crippen molar-refractivity contribution in [3.8, 4) is 17.3 Å². The maximum Gasteiger partial charge on any atom is 0.329 e. The predicted octanol–water partition coefficient (Wildman–Crippen LogP) is 3.84. The molecule has 37 heavy (non-hydrogen) atoms. The summed E-state index contributed by atoms with van der Waals surface area (Å²) in [6, 6.07) is 10.9. The Kier molecular flexibility index (Phi) is 5.88. The van der Waals surface area contributed by atoms with Crippen molar-refractivity contribution < 1.29 is 23.4 Å². The van der Waals surface area contributed by atoms with E-state index in [0.29, 0.717) is 42.1 Å². The number of benzene rings is 1. The monoisotopic (exact) mass is 506 g/mol. The third-order valence-electron chi connectivity index (χ3n) is 6.59. The Labute approximate surface area is 213 Å². The number of nitrogens with zero attached hydrogens (tertiary/aromatic N) is 5. The minimum Gasteiger partial charge on any atom is -0.475 e. The van der Waals surface area contributed by atoms with Crippen LogP contribution < -0.4 is 19.9 Å². The molecule has 11 heteroatoms. The Morgan fingerprint density at radius 1 is 1.24 bits per heavy atom. The molecular formula is C26H27FN6O4. The number of rotatable bonds is 5. The van der Waals surface area contributed by atoms with Crippen LogP contribution in [0.4, 0.5) is 26.5 Å². The summed E-state index contributed by atoms with van der Waals surface area (Å²) in [6.07, 6.45) is 2.31. The molecule has 0 saturated carbocycles. The van der Waals surface area contributed by atoms with E-state index < -0.39 is 5.79 Å². The van der Waals surface area contributed by atoms with E-state index >= 15 is 0 Å². The first-order valence-corrected chi connectivity index (χ1v) is 12.2. The molecule has 0 spiro atoms. The third kappa shape index (κ3) is 4.79. The van der Waals surface area contributed by atoms with Crippen molar-refractivity contribution in [3.05, 3.63) is 54.5 Å². The number of hydrogen-bond acceptors (Lipinski definition) is 8. The maximum absolute atomic E-state index is 13.8. The Hall–Kier alpha value is -3.83. The van der Waals surface area contributed by atoms with Crippen LogP contribution >= 0.6 is 0 Å². The third-order valence-corrected chi connectivity index (χ3v) is 6.59. The van der Waals surface area contributed by atoms with Gasteiger partial charge in [0.25, 0.3) is 0 Å². The second kappa shape index (κ2) is 9.24. The topological polar surface area (TPSA) is 102 Å². The summed E-state index contributed by atoms with van der Waals surface area (Å²) in [5.74, 6) is 0.569. The second-order valence-electron chi connectivity index (χ2n) is 9.72. The van der Waals surface area contributed by atoms with Crippen molar-refractivity contribution in [1.29, 1.82) is 0 Å². The molecule has 2 unspecified atom stereocenters. The summed E-state index contributed by atoms with van der Waals surface area (Å²) in [7, 11) is 0. The summed E-state index contributed by atoms with van der Waals surface area (Å²) < 4.78 is 30.9. The average Bonchev–Trinajstić information content (AvgIpc) is 3.46. The smallest absolute Gasteiger partial charge is 0.329 e. The van der Waals surface area contributed by atoms with Crippen molar-refractivity contribution >= 4 is 23.4 Å². The van der Waals surface area contributed by atoms with Crippen LogP contribution in [-0.4, -0.2) is 65.2 Å². The number of halogens is 1. The zero-order chi connectivity index (χ0) is 25.6. The second-order valence-corrected chi connectivity index (χ2v) is 9.72. The molecule has 3 aromatic rings. The van der Waals surface area contributed by atoms with Crippen LogP contribution in [0.3, 0.4) is 0 Å². The lowest BCUT2D eigenvalue weighted by Crippen LogP contribution is -2.48. The molecule has 2 atom stereocenters. The van der Waals surface area contributed by atoms with Gasteiger partial charge in [0.05, 0.1) is 24.5 Å². The summed E-state index contributed by atoms with van der Waals surface area (Å²) in [5.41, 5.74) is 1.32. The fourth-order valence-corrected chi connectivity index (χ4v) is 4.90. The Morgan fingerprint density at radius 2 is 2.11 bits per heavy atom. The molecule has 10 nitrogen and oxygen atoms in total. The average molecular weight is 507 g/mol. The minimum atomic E-state index is -0.629. The minimum absolute atomic E-state index is 0.0509. The van der Waals surface area contributed by atoms with Crippen LogP contribution in [0.1, 0.15) is 20.3 Å². The van der Waals surface area contributed by atoms with E-state index in [1.165, 1.54) is 12.1 Å². The predicted molar refractivity (Wildman–Crippen MR) is 134 cm³/mol. The molecule has 3 aliphatic rings. The van der Waals surface area contributed by atoms with Gasteiger partial charge in [0, 0.05) is 24.7 Å². The van der Waals surface area contributed by atoms with Crippen molar-refractivity contribution in [2.45, 2.75) is 38.2 Å². The number of pyridine rings is 1. The van der Waals surface area contributed by atoms with Gasteiger partial charge in [0.1, 0.15) is 24.3 Å². The van der Waals surface area contributed by atoms with E-state index in [9.17, 15) is 9.18 Å². The number of nitrogens with one attached hydrogen (secondary N) is 1. The van der Waals surface area contributed by atoms with E-state index in [4.69, 9.17) is 14.2 Å². The molecule has 2 aromatic heterocycles. The van der Waals surface area contributed by atoms with Crippen molar-refractivity contribution in [2.24, 2.45) is 0 Å². The molecule has 2 fully saturated rings. The molecule has 2 saturated heterocycles. The van der Waals surface area contributed by atoms with Gasteiger partial charge in [-0.15, -0.1) is 0 Å². The number of urea groups is 1. The fraction of sp³-hybridized carbons (Fsp3) is 0.385. The Bertz CT molecular complexity index is 1340. The molecule has 2 amide bonds. The lowest BCUT2D eigenvalue weighted by molar-refractivity contribution is -0.141. The highest BCUT2D eigenvalue weighted by atomic mass is 19.1. The number of fused-ring (bicyclic) bond motifs is 4. The van der Waals surface area contributed by atoms with Gasteiger partial charge in [0.2, 0.25) is 5.88 Å². The molecule has 192 valence electrons. The molecular weight excluding hydrogens is 479 g/mol. The van der Waals surface area contributed by atoms with E-state index in [0.717, 1.165) is 18.7 Å². The summed E-state index contributed by atoms with van der Waals surface area (Å²) in [5, 5.41) is 2.89. The van der Waals surface area contributed by atoms with Gasteiger partial charge in [-0.2, -0.15) is 4.98 Å². The standard InChI is InChI=1S/C26H27FN6O4/c1-26(2)36-15-19(37-26)14-35-22-8-4-7-21(29-22)30-25(34)33-18-9-10-32(13-18)20-12-28-23(31-24(20)33)16-5-3-6-17(27)11-16/h3-8,11-12,18-19H,9-10,13-15H2,1-2H3,(H,29,30,34). The summed E-state index contributed by atoms with van der Waals surface area (Å²) >= 11 is 0. The first kappa shape index (κ1) is 23.6. The highest BCUT2D eigenvalue weighted by Gasteiger charge is 2.41. The van der Waals surface area contributed by atoms with E-state index in [1.807, 2.05) is 13.8 Å². The van der Waals surface area contributed by atoms with E-state index in [-0.39, 0.29) is 30.6 Å². The molecule has 6 rings (SSSR count). The molecule has 2 bridgehead atoms. The number of carbonyl (C=O) groups is 1. The lowest BCUT2D eigenvalue weighted by atomic mass is 10.1. The molecule has 3 aliphatic heterocycles. The van der Waals surface area contributed by atoms with Gasteiger partial charge in [-0.1, -0.05) is 18.2 Å². The highest BCUT2D eigenvalue weighted by Crippen LogP contribution is 2.39. The number of carbonyl (C=O) groups excluding carboxylic acids is 1. The van der Waals surface area contributed by atoms with E-state index in [2.05, 4.69) is 25.2 Å². The Balaban J connectivity index is 1.21.